The van der Waals surface area contributed by atoms with Gasteiger partial charge in [-0.05, 0) is 56.1 Å². The molecule has 1 N–H and O–H groups in total. The van der Waals surface area contributed by atoms with E-state index < -0.39 is 0 Å². The van der Waals surface area contributed by atoms with Crippen LogP contribution in [0.2, 0.25) is 0 Å². The van der Waals surface area contributed by atoms with Crippen LogP contribution in [-0.4, -0.2) is 32.9 Å². The van der Waals surface area contributed by atoms with E-state index in [0.29, 0.717) is 27.3 Å². The lowest BCUT2D eigenvalue weighted by Gasteiger charge is -2.35. The maximum absolute atomic E-state index is 12.9. The molecule has 0 aliphatic carbocycles. The molecule has 5 nitrogen and oxygen atoms in total. The van der Waals surface area contributed by atoms with Gasteiger partial charge in [0.15, 0.2) is 4.77 Å². The molecule has 1 saturated heterocycles. The topological polar surface area (TPSA) is 58.1 Å². The lowest BCUT2D eigenvalue weighted by molar-refractivity contribution is 0.0608. The van der Waals surface area contributed by atoms with Crippen LogP contribution in [0.4, 0.5) is 0 Å². The molecule has 2 heterocycles. The average molecular weight is 331 g/mol. The Morgan fingerprint density at radius 3 is 2.91 bits per heavy atom. The van der Waals surface area contributed by atoms with Gasteiger partial charge in [0.2, 0.25) is 0 Å². The number of aromatic nitrogens is 2. The van der Waals surface area contributed by atoms with Gasteiger partial charge in [-0.1, -0.05) is 6.92 Å². The second-order valence-electron chi connectivity index (χ2n) is 6.11. The lowest BCUT2D eigenvalue weighted by atomic mass is 9.98. The number of fused-ring (bicyclic) bond motifs is 1. The van der Waals surface area contributed by atoms with E-state index in [4.69, 9.17) is 12.2 Å². The maximum atomic E-state index is 12.9. The van der Waals surface area contributed by atoms with E-state index >= 15 is 0 Å². The van der Waals surface area contributed by atoms with Gasteiger partial charge in [0.1, 0.15) is 0 Å². The highest BCUT2D eigenvalue weighted by Crippen LogP contribution is 2.22. The highest BCUT2D eigenvalue weighted by Gasteiger charge is 2.26. The second kappa shape index (κ2) is 6.28. The zero-order valence-electron chi connectivity index (χ0n) is 13.5. The Hall–Kier alpha value is -1.95. The largest absolute Gasteiger partial charge is 0.336 e. The van der Waals surface area contributed by atoms with Gasteiger partial charge in [-0.3, -0.25) is 14.2 Å². The molecule has 0 saturated carbocycles. The van der Waals surface area contributed by atoms with Gasteiger partial charge in [0, 0.05) is 25.2 Å². The summed E-state index contributed by atoms with van der Waals surface area (Å²) < 4.78 is 1.76. The van der Waals surface area contributed by atoms with Crippen molar-refractivity contribution in [3.8, 4) is 0 Å². The first-order valence-electron chi connectivity index (χ1n) is 8.07. The first-order valence-corrected chi connectivity index (χ1v) is 8.47. The van der Waals surface area contributed by atoms with Crippen molar-refractivity contribution in [1.29, 1.82) is 0 Å². The van der Waals surface area contributed by atoms with Crippen LogP contribution in [-0.2, 0) is 7.05 Å². The number of nitrogens with zero attached hydrogens (tertiary/aromatic N) is 2. The minimum Gasteiger partial charge on any atom is -0.336 e. The maximum Gasteiger partial charge on any atom is 0.261 e. The van der Waals surface area contributed by atoms with Crippen LogP contribution >= 0.6 is 12.2 Å². The third-order valence-electron chi connectivity index (χ3n) is 4.71. The number of carbonyl (C=O) groups is 1. The van der Waals surface area contributed by atoms with Crippen molar-refractivity contribution in [3.05, 3.63) is 38.9 Å². The van der Waals surface area contributed by atoms with Crippen molar-refractivity contribution in [2.45, 2.75) is 38.6 Å². The summed E-state index contributed by atoms with van der Waals surface area (Å²) in [7, 11) is 1.64. The number of likely N-dealkylation sites (tertiary alicyclic amines) is 1. The van der Waals surface area contributed by atoms with E-state index in [2.05, 4.69) is 11.9 Å². The van der Waals surface area contributed by atoms with Gasteiger partial charge in [0.05, 0.1) is 10.9 Å². The smallest absolute Gasteiger partial charge is 0.261 e. The molecule has 0 radical (unpaired) electrons. The van der Waals surface area contributed by atoms with E-state index in [9.17, 15) is 9.59 Å². The van der Waals surface area contributed by atoms with Gasteiger partial charge in [-0.15, -0.1) is 0 Å². The summed E-state index contributed by atoms with van der Waals surface area (Å²) >= 11 is 5.15. The summed E-state index contributed by atoms with van der Waals surface area (Å²) in [5, 5.41) is 0.545. The molecule has 1 amide bonds. The number of H-pyrrole nitrogens is 1. The minimum absolute atomic E-state index is 0.0402. The highest BCUT2D eigenvalue weighted by atomic mass is 32.1. The fourth-order valence-electron chi connectivity index (χ4n) is 3.30. The zero-order chi connectivity index (χ0) is 16.6. The summed E-state index contributed by atoms with van der Waals surface area (Å²) in [5.41, 5.74) is 1.08. The first kappa shape index (κ1) is 15.9. The molecule has 1 aliphatic heterocycles. The Bertz CT molecular complexity index is 868. The molecule has 0 spiro atoms. The number of benzene rings is 1. The third-order valence-corrected chi connectivity index (χ3v) is 5.08. The van der Waals surface area contributed by atoms with Crippen molar-refractivity contribution in [1.82, 2.24) is 14.5 Å². The molecule has 1 aliphatic rings. The van der Waals surface area contributed by atoms with Gasteiger partial charge in [-0.25, -0.2) is 0 Å². The van der Waals surface area contributed by atoms with Crippen molar-refractivity contribution >= 4 is 29.0 Å². The molecule has 1 aromatic heterocycles. The first-order chi connectivity index (χ1) is 11.0. The van der Waals surface area contributed by atoms with Gasteiger partial charge in [-0.2, -0.15) is 0 Å². The van der Waals surface area contributed by atoms with E-state index in [1.54, 1.807) is 25.2 Å². The molecule has 6 heteroatoms. The fourth-order valence-corrected chi connectivity index (χ4v) is 3.49. The van der Waals surface area contributed by atoms with Crippen molar-refractivity contribution < 1.29 is 4.79 Å². The summed E-state index contributed by atoms with van der Waals surface area (Å²) in [6, 6.07) is 5.51. The third kappa shape index (κ3) is 2.83. The van der Waals surface area contributed by atoms with Gasteiger partial charge < -0.3 is 9.88 Å². The lowest BCUT2D eigenvalue weighted by Crippen LogP contribution is -2.43. The molecule has 3 rings (SSSR count). The molecule has 2 aromatic rings. The molecular weight excluding hydrogens is 310 g/mol. The summed E-state index contributed by atoms with van der Waals surface area (Å²) in [5.74, 6) is 0.0402. The van der Waals surface area contributed by atoms with Crippen LogP contribution < -0.4 is 5.56 Å². The Kier molecular flexibility index (Phi) is 4.35. The van der Waals surface area contributed by atoms with E-state index in [1.807, 2.05) is 4.90 Å². The number of piperidine rings is 1. The Balaban J connectivity index is 2.03. The molecule has 23 heavy (non-hydrogen) atoms. The minimum atomic E-state index is -0.146. The van der Waals surface area contributed by atoms with Crippen molar-refractivity contribution in [2.24, 2.45) is 7.05 Å². The van der Waals surface area contributed by atoms with E-state index in [-0.39, 0.29) is 11.5 Å². The fraction of sp³-hybridized carbons (Fsp3) is 0.471. The van der Waals surface area contributed by atoms with Crippen molar-refractivity contribution in [2.75, 3.05) is 6.54 Å². The summed E-state index contributed by atoms with van der Waals surface area (Å²) in [4.78, 5) is 30.1. The standard InChI is InChI=1S/C17H21N3O2S/c1-3-12-6-4-5-9-20(12)15(21)11-7-8-13-14(10-11)18-17(23)19(2)16(13)22/h7-8,10,12H,3-6,9H2,1-2H3,(H,18,23)/t12-/m0/s1. The highest BCUT2D eigenvalue weighted by molar-refractivity contribution is 7.71. The molecule has 0 bridgehead atoms. The number of hydrogen-bond donors (Lipinski definition) is 1. The predicted molar refractivity (Wildman–Crippen MR) is 93.3 cm³/mol. The molecule has 1 atom stereocenters. The number of rotatable bonds is 2. The number of aromatic amines is 1. The van der Waals surface area contributed by atoms with Gasteiger partial charge >= 0.3 is 0 Å². The summed E-state index contributed by atoms with van der Waals surface area (Å²) in [6.45, 7) is 2.93. The SMILES string of the molecule is CC[C@H]1CCCCN1C(=O)c1ccc2c(=O)n(C)c(=S)[nH]c2c1. The molecule has 1 aromatic carbocycles. The summed E-state index contributed by atoms with van der Waals surface area (Å²) in [6.07, 6.45) is 4.28. The van der Waals surface area contributed by atoms with Crippen LogP contribution in [0.1, 0.15) is 43.0 Å². The molecule has 122 valence electrons. The monoisotopic (exact) mass is 331 g/mol. The number of carbonyl (C=O) groups excluding carboxylic acids is 1. The Morgan fingerprint density at radius 2 is 2.17 bits per heavy atom. The molecular formula is C17H21N3O2S. The molecule has 0 unspecified atom stereocenters. The van der Waals surface area contributed by atoms with E-state index in [0.717, 1.165) is 25.8 Å². The van der Waals surface area contributed by atoms with Crippen LogP contribution in [0.25, 0.3) is 10.9 Å². The van der Waals surface area contributed by atoms with Crippen LogP contribution in [0.15, 0.2) is 23.0 Å². The number of nitrogens with one attached hydrogen (secondary N) is 1. The molecule has 1 fully saturated rings. The van der Waals surface area contributed by atoms with Crippen LogP contribution in [0, 0.1) is 4.77 Å². The normalized spacial score (nSPS) is 18.3. The van der Waals surface area contributed by atoms with Crippen LogP contribution in [0.5, 0.6) is 0 Å². The Morgan fingerprint density at radius 1 is 1.39 bits per heavy atom. The van der Waals surface area contributed by atoms with E-state index in [1.165, 1.54) is 11.0 Å². The quantitative estimate of drug-likeness (QED) is 0.861. The van der Waals surface area contributed by atoms with Crippen molar-refractivity contribution in [3.63, 3.8) is 0 Å². The predicted octanol–water partition coefficient (Wildman–Crippen LogP) is 3.00. The van der Waals surface area contributed by atoms with Gasteiger partial charge in [0.25, 0.3) is 11.5 Å². The Labute approximate surface area is 139 Å². The number of amides is 1. The zero-order valence-corrected chi connectivity index (χ0v) is 14.3. The van der Waals surface area contributed by atoms with Crippen LogP contribution in [0.3, 0.4) is 0 Å². The average Bonchev–Trinajstić information content (AvgIpc) is 2.58. The number of hydrogen-bond acceptors (Lipinski definition) is 3. The second-order valence-corrected chi connectivity index (χ2v) is 6.50.